The Labute approximate surface area is 103 Å². The molecular weight excluding hydrogens is 238 g/mol. The van der Waals surface area contributed by atoms with E-state index in [-0.39, 0.29) is 17.8 Å². The van der Waals surface area contributed by atoms with Crippen molar-refractivity contribution in [1.82, 2.24) is 9.97 Å². The number of hydrogen-bond acceptors (Lipinski definition) is 6. The van der Waals surface area contributed by atoms with Crippen LogP contribution in [0.2, 0.25) is 0 Å². The zero-order chi connectivity index (χ0) is 13.0. The fourth-order valence-electron chi connectivity index (χ4n) is 1.24. The summed E-state index contributed by atoms with van der Waals surface area (Å²) < 4.78 is 15.2. The second-order valence-electron chi connectivity index (χ2n) is 3.37. The van der Waals surface area contributed by atoms with Crippen LogP contribution in [0.15, 0.2) is 21.3 Å². The number of aryl methyl sites for hydroxylation is 1. The normalized spacial score (nSPS) is 10.3. The van der Waals surface area contributed by atoms with Crippen molar-refractivity contribution in [2.24, 2.45) is 0 Å². The fourth-order valence-corrected chi connectivity index (χ4v) is 1.24. The number of amides is 1. The Morgan fingerprint density at radius 2 is 2.33 bits per heavy atom. The van der Waals surface area contributed by atoms with E-state index in [1.54, 1.807) is 13.1 Å². The number of anilines is 1. The zero-order valence-electron chi connectivity index (χ0n) is 10.1. The molecule has 0 aliphatic carbocycles. The maximum atomic E-state index is 11.7. The standard InChI is InChI=1S/C11H13N3O4/c1-3-7-5-12-10(18-7)14-9(15)8-6-17-11(13-8)16-4-2/h5-6H,3-4H2,1-2H3,(H,12,14,15). The average molecular weight is 251 g/mol. The summed E-state index contributed by atoms with van der Waals surface area (Å²) in [4.78, 5) is 19.5. The molecule has 2 aromatic rings. The number of rotatable bonds is 5. The van der Waals surface area contributed by atoms with E-state index in [0.717, 1.165) is 0 Å². The van der Waals surface area contributed by atoms with E-state index < -0.39 is 5.91 Å². The van der Waals surface area contributed by atoms with Crippen molar-refractivity contribution in [3.63, 3.8) is 0 Å². The number of carbonyl (C=O) groups excluding carboxylic acids is 1. The van der Waals surface area contributed by atoms with Crippen LogP contribution in [0.5, 0.6) is 6.08 Å². The Bertz CT molecular complexity index is 532. The van der Waals surface area contributed by atoms with Crippen molar-refractivity contribution in [1.29, 1.82) is 0 Å². The molecule has 0 spiro atoms. The van der Waals surface area contributed by atoms with Gasteiger partial charge >= 0.3 is 12.1 Å². The van der Waals surface area contributed by atoms with E-state index in [0.29, 0.717) is 18.8 Å². The lowest BCUT2D eigenvalue weighted by Crippen LogP contribution is -2.12. The molecular formula is C11H13N3O4. The van der Waals surface area contributed by atoms with Crippen LogP contribution in [-0.4, -0.2) is 22.5 Å². The summed E-state index contributed by atoms with van der Waals surface area (Å²) in [6.07, 6.45) is 3.54. The lowest BCUT2D eigenvalue weighted by atomic mass is 10.4. The Hall–Kier alpha value is -2.31. The Morgan fingerprint density at radius 3 is 3.00 bits per heavy atom. The lowest BCUT2D eigenvalue weighted by Gasteiger charge is -1.96. The van der Waals surface area contributed by atoms with Gasteiger partial charge in [-0.1, -0.05) is 6.92 Å². The molecule has 0 aromatic carbocycles. The lowest BCUT2D eigenvalue weighted by molar-refractivity contribution is 0.101. The summed E-state index contributed by atoms with van der Waals surface area (Å²) in [5, 5.41) is 2.47. The third kappa shape index (κ3) is 2.68. The predicted molar refractivity (Wildman–Crippen MR) is 61.5 cm³/mol. The van der Waals surface area contributed by atoms with E-state index in [2.05, 4.69) is 15.3 Å². The monoisotopic (exact) mass is 251 g/mol. The van der Waals surface area contributed by atoms with Gasteiger partial charge in [0.1, 0.15) is 12.0 Å². The van der Waals surface area contributed by atoms with Gasteiger partial charge in [0.15, 0.2) is 5.69 Å². The number of nitrogens with one attached hydrogen (secondary N) is 1. The number of carbonyl (C=O) groups is 1. The first-order chi connectivity index (χ1) is 8.72. The van der Waals surface area contributed by atoms with E-state index in [1.165, 1.54) is 6.26 Å². The minimum atomic E-state index is -0.464. The van der Waals surface area contributed by atoms with Crippen LogP contribution in [0.4, 0.5) is 6.01 Å². The molecule has 7 heteroatoms. The van der Waals surface area contributed by atoms with Crippen LogP contribution in [0, 0.1) is 0 Å². The largest absolute Gasteiger partial charge is 0.450 e. The van der Waals surface area contributed by atoms with Crippen molar-refractivity contribution in [2.75, 3.05) is 11.9 Å². The average Bonchev–Trinajstić information content (AvgIpc) is 2.98. The Balaban J connectivity index is 2.02. The third-order valence-electron chi connectivity index (χ3n) is 2.11. The maximum Gasteiger partial charge on any atom is 0.394 e. The molecule has 0 saturated carbocycles. The molecule has 2 heterocycles. The van der Waals surface area contributed by atoms with Crippen LogP contribution in [0.3, 0.4) is 0 Å². The summed E-state index contributed by atoms with van der Waals surface area (Å²) in [7, 11) is 0. The molecule has 0 fully saturated rings. The van der Waals surface area contributed by atoms with Gasteiger partial charge in [0.25, 0.3) is 5.91 Å². The molecule has 0 unspecified atom stereocenters. The van der Waals surface area contributed by atoms with Gasteiger partial charge in [-0.15, -0.1) is 0 Å². The van der Waals surface area contributed by atoms with Crippen LogP contribution in [0.1, 0.15) is 30.1 Å². The molecule has 2 aromatic heterocycles. The summed E-state index contributed by atoms with van der Waals surface area (Å²) in [6, 6.07) is 0.137. The van der Waals surface area contributed by atoms with Gasteiger partial charge < -0.3 is 13.6 Å². The molecule has 0 aliphatic rings. The first-order valence-corrected chi connectivity index (χ1v) is 5.57. The molecule has 0 radical (unpaired) electrons. The van der Waals surface area contributed by atoms with E-state index in [4.69, 9.17) is 13.6 Å². The van der Waals surface area contributed by atoms with Crippen molar-refractivity contribution in [3.05, 3.63) is 23.9 Å². The second-order valence-corrected chi connectivity index (χ2v) is 3.37. The minimum Gasteiger partial charge on any atom is -0.450 e. The highest BCUT2D eigenvalue weighted by Crippen LogP contribution is 2.13. The first kappa shape index (κ1) is 12.2. The molecule has 2 rings (SSSR count). The van der Waals surface area contributed by atoms with Crippen LogP contribution in [0.25, 0.3) is 0 Å². The fraction of sp³-hybridized carbons (Fsp3) is 0.364. The van der Waals surface area contributed by atoms with Crippen molar-refractivity contribution < 1.29 is 18.4 Å². The molecule has 0 bridgehead atoms. The maximum absolute atomic E-state index is 11.7. The molecule has 0 aliphatic heterocycles. The van der Waals surface area contributed by atoms with E-state index in [1.807, 2.05) is 6.92 Å². The topological polar surface area (TPSA) is 90.4 Å². The number of oxazole rings is 2. The number of nitrogens with zero attached hydrogens (tertiary/aromatic N) is 2. The zero-order valence-corrected chi connectivity index (χ0v) is 10.1. The summed E-state index contributed by atoms with van der Waals surface area (Å²) >= 11 is 0. The summed E-state index contributed by atoms with van der Waals surface area (Å²) in [6.45, 7) is 4.14. The highest BCUT2D eigenvalue weighted by atomic mass is 16.6. The number of ether oxygens (including phenoxy) is 1. The molecule has 0 saturated heterocycles. The molecule has 7 nitrogen and oxygen atoms in total. The molecule has 1 amide bonds. The van der Waals surface area contributed by atoms with E-state index in [9.17, 15) is 4.79 Å². The number of aromatic nitrogens is 2. The highest BCUT2D eigenvalue weighted by Gasteiger charge is 2.15. The molecule has 96 valence electrons. The van der Waals surface area contributed by atoms with Gasteiger partial charge in [0.2, 0.25) is 0 Å². The van der Waals surface area contributed by atoms with Gasteiger partial charge in [0.05, 0.1) is 12.8 Å². The van der Waals surface area contributed by atoms with Crippen LogP contribution >= 0.6 is 0 Å². The second kappa shape index (κ2) is 5.35. The van der Waals surface area contributed by atoms with Gasteiger partial charge in [-0.2, -0.15) is 4.98 Å². The molecule has 0 atom stereocenters. The minimum absolute atomic E-state index is 0.0595. The third-order valence-corrected chi connectivity index (χ3v) is 2.11. The van der Waals surface area contributed by atoms with Gasteiger partial charge in [0, 0.05) is 6.42 Å². The Kier molecular flexibility index (Phi) is 3.61. The molecule has 1 N–H and O–H groups in total. The van der Waals surface area contributed by atoms with E-state index >= 15 is 0 Å². The highest BCUT2D eigenvalue weighted by molar-refractivity contribution is 6.01. The van der Waals surface area contributed by atoms with Gasteiger partial charge in [-0.3, -0.25) is 10.1 Å². The number of hydrogen-bond donors (Lipinski definition) is 1. The molecule has 18 heavy (non-hydrogen) atoms. The van der Waals surface area contributed by atoms with Crippen LogP contribution < -0.4 is 10.1 Å². The smallest absolute Gasteiger partial charge is 0.394 e. The quantitative estimate of drug-likeness (QED) is 0.872. The van der Waals surface area contributed by atoms with Gasteiger partial charge in [-0.25, -0.2) is 4.98 Å². The first-order valence-electron chi connectivity index (χ1n) is 5.57. The van der Waals surface area contributed by atoms with Crippen molar-refractivity contribution in [2.45, 2.75) is 20.3 Å². The summed E-state index contributed by atoms with van der Waals surface area (Å²) in [5.41, 5.74) is 0.106. The predicted octanol–water partition coefficient (Wildman–Crippen LogP) is 1.88. The SMILES string of the molecule is CCOc1nc(C(=O)Nc2ncc(CC)o2)co1. The van der Waals surface area contributed by atoms with Crippen LogP contribution in [-0.2, 0) is 6.42 Å². The summed E-state index contributed by atoms with van der Waals surface area (Å²) in [5.74, 6) is 0.231. The Morgan fingerprint density at radius 1 is 1.50 bits per heavy atom. The van der Waals surface area contributed by atoms with Gasteiger partial charge in [-0.05, 0) is 6.92 Å². The van der Waals surface area contributed by atoms with Crippen molar-refractivity contribution >= 4 is 11.9 Å². The van der Waals surface area contributed by atoms with Crippen molar-refractivity contribution in [3.8, 4) is 6.08 Å².